The molecule has 0 atom stereocenters. The van der Waals surface area contributed by atoms with Crippen LogP contribution in [0.4, 0.5) is 11.4 Å². The second-order valence-electron chi connectivity index (χ2n) is 4.09. The highest BCUT2D eigenvalue weighted by atomic mass is 16.5. The van der Waals surface area contributed by atoms with Gasteiger partial charge in [-0.2, -0.15) is 0 Å². The van der Waals surface area contributed by atoms with Crippen LogP contribution in [0.2, 0.25) is 0 Å². The van der Waals surface area contributed by atoms with E-state index < -0.39 is 5.97 Å². The summed E-state index contributed by atoms with van der Waals surface area (Å²) in [5.41, 5.74) is 2.35. The maximum atomic E-state index is 10.8. The second kappa shape index (κ2) is 4.07. The van der Waals surface area contributed by atoms with Crippen LogP contribution < -0.4 is 10.1 Å². The molecule has 1 aliphatic heterocycles. The topological polar surface area (TPSA) is 58.6 Å². The smallest absolute Gasteiger partial charge is 0.307 e. The summed E-state index contributed by atoms with van der Waals surface area (Å²) >= 11 is 0. The van der Waals surface area contributed by atoms with Crippen molar-refractivity contribution >= 4 is 17.3 Å². The van der Waals surface area contributed by atoms with Crippen LogP contribution in [0.5, 0.6) is 11.5 Å². The molecule has 3 rings (SSSR count). The van der Waals surface area contributed by atoms with Crippen LogP contribution in [-0.4, -0.2) is 11.1 Å². The highest BCUT2D eigenvalue weighted by Crippen LogP contribution is 2.43. The molecule has 2 N–H and O–H groups in total. The van der Waals surface area contributed by atoms with Crippen molar-refractivity contribution in [2.75, 3.05) is 5.32 Å². The largest absolute Gasteiger partial charge is 0.481 e. The molecule has 0 spiro atoms. The van der Waals surface area contributed by atoms with Gasteiger partial charge in [-0.15, -0.1) is 0 Å². The second-order valence-corrected chi connectivity index (χ2v) is 4.09. The van der Waals surface area contributed by atoms with Gasteiger partial charge in [-0.1, -0.05) is 24.3 Å². The zero-order valence-electron chi connectivity index (χ0n) is 9.51. The van der Waals surface area contributed by atoms with Crippen molar-refractivity contribution in [3.63, 3.8) is 0 Å². The maximum absolute atomic E-state index is 10.8. The Kier molecular flexibility index (Phi) is 2.41. The van der Waals surface area contributed by atoms with Gasteiger partial charge < -0.3 is 15.2 Å². The van der Waals surface area contributed by atoms with Crippen LogP contribution in [-0.2, 0) is 11.2 Å². The number of carbonyl (C=O) groups is 1. The number of carboxylic acid groups (broad SMARTS) is 1. The van der Waals surface area contributed by atoms with Crippen LogP contribution in [0.15, 0.2) is 42.5 Å². The summed E-state index contributed by atoms with van der Waals surface area (Å²) in [6.45, 7) is 0. The SMILES string of the molecule is O=C(O)Cc1cccc2c1Oc1ccccc1N2. The first-order valence-corrected chi connectivity index (χ1v) is 5.61. The summed E-state index contributed by atoms with van der Waals surface area (Å²) < 4.78 is 5.78. The summed E-state index contributed by atoms with van der Waals surface area (Å²) in [4.78, 5) is 10.8. The molecule has 4 heteroatoms. The molecule has 90 valence electrons. The number of anilines is 2. The van der Waals surface area contributed by atoms with Crippen molar-refractivity contribution in [1.29, 1.82) is 0 Å². The Labute approximate surface area is 104 Å². The number of nitrogens with one attached hydrogen (secondary N) is 1. The minimum atomic E-state index is -0.870. The van der Waals surface area contributed by atoms with E-state index in [2.05, 4.69) is 5.32 Å². The molecule has 0 unspecified atom stereocenters. The predicted molar refractivity (Wildman–Crippen MR) is 67.6 cm³/mol. The number of rotatable bonds is 2. The molecule has 0 aliphatic carbocycles. The quantitative estimate of drug-likeness (QED) is 0.723. The monoisotopic (exact) mass is 241 g/mol. The number of carboxylic acids is 1. The average Bonchev–Trinajstić information content (AvgIpc) is 2.36. The predicted octanol–water partition coefficient (Wildman–Crippen LogP) is 3.16. The van der Waals surface area contributed by atoms with E-state index in [1.54, 1.807) is 6.07 Å². The number of para-hydroxylation sites is 3. The molecule has 0 radical (unpaired) electrons. The molecule has 2 aromatic rings. The Hall–Kier alpha value is -2.49. The van der Waals surface area contributed by atoms with Crippen molar-refractivity contribution in [3.8, 4) is 11.5 Å². The molecular formula is C14H11NO3. The lowest BCUT2D eigenvalue weighted by Gasteiger charge is -2.23. The van der Waals surface area contributed by atoms with Gasteiger partial charge in [0, 0.05) is 5.56 Å². The Morgan fingerprint density at radius 2 is 1.89 bits per heavy atom. The summed E-state index contributed by atoms with van der Waals surface area (Å²) in [5.74, 6) is 0.437. The zero-order valence-corrected chi connectivity index (χ0v) is 9.51. The van der Waals surface area contributed by atoms with Crippen molar-refractivity contribution < 1.29 is 14.6 Å². The van der Waals surface area contributed by atoms with Gasteiger partial charge in [0.05, 0.1) is 17.8 Å². The highest BCUT2D eigenvalue weighted by molar-refractivity contribution is 5.79. The van der Waals surface area contributed by atoms with Gasteiger partial charge in [-0.3, -0.25) is 4.79 Å². The zero-order chi connectivity index (χ0) is 12.5. The van der Waals surface area contributed by atoms with E-state index in [1.807, 2.05) is 36.4 Å². The minimum absolute atomic E-state index is 0.0486. The van der Waals surface area contributed by atoms with Crippen LogP contribution in [0.25, 0.3) is 0 Å². The fourth-order valence-corrected chi connectivity index (χ4v) is 2.02. The Morgan fingerprint density at radius 3 is 2.72 bits per heavy atom. The van der Waals surface area contributed by atoms with Crippen LogP contribution >= 0.6 is 0 Å². The molecule has 2 aromatic carbocycles. The van der Waals surface area contributed by atoms with Gasteiger partial charge in [-0.25, -0.2) is 0 Å². The van der Waals surface area contributed by atoms with Crippen LogP contribution in [0.1, 0.15) is 5.56 Å². The van der Waals surface area contributed by atoms with E-state index in [0.29, 0.717) is 17.1 Å². The van der Waals surface area contributed by atoms with E-state index in [-0.39, 0.29) is 6.42 Å². The Bertz CT molecular complexity index is 622. The molecule has 0 fully saturated rings. The van der Waals surface area contributed by atoms with E-state index >= 15 is 0 Å². The van der Waals surface area contributed by atoms with Gasteiger partial charge >= 0.3 is 5.97 Å². The molecule has 1 aliphatic rings. The maximum Gasteiger partial charge on any atom is 0.307 e. The number of ether oxygens (including phenoxy) is 1. The van der Waals surface area contributed by atoms with E-state index in [4.69, 9.17) is 9.84 Å². The molecule has 0 saturated heterocycles. The molecule has 0 bridgehead atoms. The lowest BCUT2D eigenvalue weighted by atomic mass is 10.1. The highest BCUT2D eigenvalue weighted by Gasteiger charge is 2.19. The number of aliphatic carboxylic acids is 1. The number of hydrogen-bond donors (Lipinski definition) is 2. The normalized spacial score (nSPS) is 11.8. The third kappa shape index (κ3) is 1.78. The van der Waals surface area contributed by atoms with Gasteiger partial charge in [0.15, 0.2) is 11.5 Å². The van der Waals surface area contributed by atoms with Gasteiger partial charge in [-0.05, 0) is 18.2 Å². The molecule has 0 aromatic heterocycles. The first-order chi connectivity index (χ1) is 8.74. The summed E-state index contributed by atoms with van der Waals surface area (Å²) in [6, 6.07) is 13.0. The van der Waals surface area contributed by atoms with Gasteiger partial charge in [0.1, 0.15) is 0 Å². The molecule has 0 saturated carbocycles. The average molecular weight is 241 g/mol. The number of benzene rings is 2. The minimum Gasteiger partial charge on any atom is -0.481 e. The lowest BCUT2D eigenvalue weighted by molar-refractivity contribution is -0.136. The lowest BCUT2D eigenvalue weighted by Crippen LogP contribution is -2.07. The number of fused-ring (bicyclic) bond motifs is 2. The molecular weight excluding hydrogens is 230 g/mol. The first-order valence-electron chi connectivity index (χ1n) is 5.61. The van der Waals surface area contributed by atoms with Crippen molar-refractivity contribution in [1.82, 2.24) is 0 Å². The van der Waals surface area contributed by atoms with Crippen molar-refractivity contribution in [2.24, 2.45) is 0 Å². The molecule has 1 heterocycles. The van der Waals surface area contributed by atoms with E-state index in [1.165, 1.54) is 0 Å². The molecule has 18 heavy (non-hydrogen) atoms. The fraction of sp³-hybridized carbons (Fsp3) is 0.0714. The summed E-state index contributed by atoms with van der Waals surface area (Å²) in [5, 5.41) is 12.1. The summed E-state index contributed by atoms with van der Waals surface area (Å²) in [6.07, 6.45) is -0.0486. The van der Waals surface area contributed by atoms with E-state index in [0.717, 1.165) is 11.4 Å². The van der Waals surface area contributed by atoms with E-state index in [9.17, 15) is 4.79 Å². The fourth-order valence-electron chi connectivity index (χ4n) is 2.02. The van der Waals surface area contributed by atoms with Crippen molar-refractivity contribution in [2.45, 2.75) is 6.42 Å². The Morgan fingerprint density at radius 1 is 1.11 bits per heavy atom. The first kappa shape index (κ1) is 10.7. The molecule has 0 amide bonds. The van der Waals surface area contributed by atoms with Crippen LogP contribution in [0.3, 0.4) is 0 Å². The Balaban J connectivity index is 2.04. The van der Waals surface area contributed by atoms with Crippen molar-refractivity contribution in [3.05, 3.63) is 48.0 Å². The van der Waals surface area contributed by atoms with Gasteiger partial charge in [0.25, 0.3) is 0 Å². The summed E-state index contributed by atoms with van der Waals surface area (Å²) in [7, 11) is 0. The third-order valence-electron chi connectivity index (χ3n) is 2.81. The van der Waals surface area contributed by atoms with Crippen LogP contribution in [0, 0.1) is 0 Å². The molecule has 4 nitrogen and oxygen atoms in total. The standard InChI is InChI=1S/C14H11NO3/c16-13(17)8-9-4-3-6-11-14(9)18-12-7-2-1-5-10(12)15-11/h1-7,15H,8H2,(H,16,17). The third-order valence-corrected chi connectivity index (χ3v) is 2.81. The van der Waals surface area contributed by atoms with Gasteiger partial charge in [0.2, 0.25) is 0 Å². The number of hydrogen-bond acceptors (Lipinski definition) is 3.